The summed E-state index contributed by atoms with van der Waals surface area (Å²) >= 11 is 0. The fraction of sp³-hybridized carbons (Fsp3) is 0.222. The average Bonchev–Trinajstić information content (AvgIpc) is 2.57. The van der Waals surface area contributed by atoms with Gasteiger partial charge in [0.15, 0.2) is 0 Å². The molecule has 2 heterocycles. The van der Waals surface area contributed by atoms with Gasteiger partial charge < -0.3 is 10.4 Å². The number of oxime groups is 2. The Morgan fingerprint density at radius 3 is 1.54 bits per heavy atom. The van der Waals surface area contributed by atoms with Crippen molar-refractivity contribution >= 4 is 33.2 Å². The van der Waals surface area contributed by atoms with Gasteiger partial charge in [0, 0.05) is 33.3 Å². The Morgan fingerprint density at radius 1 is 0.750 bits per heavy atom. The van der Waals surface area contributed by atoms with Crippen LogP contribution in [0.15, 0.2) is 34.6 Å². The van der Waals surface area contributed by atoms with Gasteiger partial charge in [0.1, 0.15) is 0 Å². The molecule has 1 aromatic carbocycles. The van der Waals surface area contributed by atoms with Crippen molar-refractivity contribution in [1.82, 2.24) is 9.97 Å². The van der Waals surface area contributed by atoms with E-state index in [2.05, 4.69) is 20.3 Å². The molecular weight excluding hydrogens is 304 g/mol. The van der Waals surface area contributed by atoms with Crippen molar-refractivity contribution in [3.8, 4) is 0 Å². The zero-order chi connectivity index (χ0) is 17.4. The minimum absolute atomic E-state index is 0.521. The van der Waals surface area contributed by atoms with Gasteiger partial charge in [-0.15, -0.1) is 0 Å². The Morgan fingerprint density at radius 2 is 1.17 bits per heavy atom. The maximum Gasteiger partial charge on any atom is 0.0855 e. The van der Waals surface area contributed by atoms with Crippen LogP contribution in [0.5, 0.6) is 0 Å². The molecule has 0 fully saturated rings. The van der Waals surface area contributed by atoms with Crippen LogP contribution in [0, 0.1) is 13.8 Å². The van der Waals surface area contributed by atoms with E-state index in [-0.39, 0.29) is 0 Å². The number of hydrogen-bond acceptors (Lipinski definition) is 6. The monoisotopic (exact) mass is 322 g/mol. The van der Waals surface area contributed by atoms with Gasteiger partial charge in [0.2, 0.25) is 0 Å². The van der Waals surface area contributed by atoms with Crippen molar-refractivity contribution in [2.75, 3.05) is 0 Å². The van der Waals surface area contributed by atoms with Crippen LogP contribution in [0.1, 0.15) is 36.4 Å². The van der Waals surface area contributed by atoms with Crippen molar-refractivity contribution in [2.45, 2.75) is 27.7 Å². The maximum absolute atomic E-state index is 9.02. The summed E-state index contributed by atoms with van der Waals surface area (Å²) in [5.74, 6) is 0. The molecule has 3 rings (SSSR count). The first-order valence-electron chi connectivity index (χ1n) is 7.55. The molecule has 6 nitrogen and oxygen atoms in total. The molecule has 2 N–H and O–H groups in total. The van der Waals surface area contributed by atoms with E-state index in [1.165, 1.54) is 0 Å². The van der Waals surface area contributed by atoms with E-state index in [9.17, 15) is 0 Å². The lowest BCUT2D eigenvalue weighted by molar-refractivity contribution is 0.319. The fourth-order valence-corrected chi connectivity index (χ4v) is 2.88. The van der Waals surface area contributed by atoms with Gasteiger partial charge in [-0.05, 0) is 52.0 Å². The highest BCUT2D eigenvalue weighted by atomic mass is 16.4. The minimum atomic E-state index is 0.521. The number of aryl methyl sites for hydroxylation is 2. The predicted molar refractivity (Wildman–Crippen MR) is 94.5 cm³/mol. The molecule has 0 saturated heterocycles. The van der Waals surface area contributed by atoms with Crippen LogP contribution in [0.25, 0.3) is 21.8 Å². The van der Waals surface area contributed by atoms with Crippen LogP contribution in [0.3, 0.4) is 0 Å². The highest BCUT2D eigenvalue weighted by Crippen LogP contribution is 2.25. The topological polar surface area (TPSA) is 91.0 Å². The summed E-state index contributed by atoms with van der Waals surface area (Å²) < 4.78 is 0. The summed E-state index contributed by atoms with van der Waals surface area (Å²) in [5, 5.41) is 26.5. The zero-order valence-electron chi connectivity index (χ0n) is 14.0. The molecule has 0 atom stereocenters. The first kappa shape index (κ1) is 15.9. The molecule has 0 aliphatic rings. The van der Waals surface area contributed by atoms with Crippen LogP contribution < -0.4 is 0 Å². The fourth-order valence-electron chi connectivity index (χ4n) is 2.88. The smallest absolute Gasteiger partial charge is 0.0855 e. The Labute approximate surface area is 139 Å². The summed E-state index contributed by atoms with van der Waals surface area (Å²) in [6, 6.07) is 7.85. The van der Waals surface area contributed by atoms with E-state index in [0.717, 1.165) is 44.3 Å². The van der Waals surface area contributed by atoms with Gasteiger partial charge in [-0.1, -0.05) is 10.3 Å². The molecular formula is C18H18N4O2. The number of hydrogen-bond donors (Lipinski definition) is 2. The lowest BCUT2D eigenvalue weighted by Crippen LogP contribution is -2.02. The van der Waals surface area contributed by atoms with Crippen LogP contribution in [-0.4, -0.2) is 31.8 Å². The van der Waals surface area contributed by atoms with Crippen molar-refractivity contribution < 1.29 is 10.4 Å². The molecule has 0 radical (unpaired) electrons. The van der Waals surface area contributed by atoms with Gasteiger partial charge in [-0.25, -0.2) is 0 Å². The SMILES string of the molecule is C/C(=N/O)c1cc2cc3cc(/C(C)=N\O)c(C)nc3cc2nc1C. The largest absolute Gasteiger partial charge is 0.411 e. The van der Waals surface area contributed by atoms with Gasteiger partial charge in [0.25, 0.3) is 0 Å². The van der Waals surface area contributed by atoms with Crippen molar-refractivity contribution in [2.24, 2.45) is 10.3 Å². The molecule has 3 aromatic rings. The van der Waals surface area contributed by atoms with Crippen molar-refractivity contribution in [1.29, 1.82) is 0 Å². The number of rotatable bonds is 2. The molecule has 0 aliphatic carbocycles. The molecule has 6 heteroatoms. The quantitative estimate of drug-likeness (QED) is 0.325. The molecule has 2 aromatic heterocycles. The molecule has 0 amide bonds. The average molecular weight is 322 g/mol. The number of pyridine rings is 2. The minimum Gasteiger partial charge on any atom is -0.411 e. The summed E-state index contributed by atoms with van der Waals surface area (Å²) in [7, 11) is 0. The zero-order valence-corrected chi connectivity index (χ0v) is 14.0. The number of nitrogens with zero attached hydrogens (tertiary/aromatic N) is 4. The third-order valence-electron chi connectivity index (χ3n) is 4.21. The molecule has 24 heavy (non-hydrogen) atoms. The van der Waals surface area contributed by atoms with Crippen LogP contribution >= 0.6 is 0 Å². The van der Waals surface area contributed by atoms with Gasteiger partial charge >= 0.3 is 0 Å². The van der Waals surface area contributed by atoms with E-state index >= 15 is 0 Å². The standard InChI is InChI=1S/C18H18N4O2/c1-9-15(11(3)21-23)6-13-5-14-7-16(12(4)22-24)10(2)20-18(14)8-17(13)19-9/h5-8,23-24H,1-4H3/b21-11-,22-12-. The van der Waals surface area contributed by atoms with E-state index in [4.69, 9.17) is 10.4 Å². The Balaban J connectivity index is 2.32. The van der Waals surface area contributed by atoms with Gasteiger partial charge in [-0.2, -0.15) is 0 Å². The second kappa shape index (κ2) is 5.88. The summed E-state index contributed by atoms with van der Waals surface area (Å²) in [6.07, 6.45) is 0. The Kier molecular flexibility index (Phi) is 3.89. The predicted octanol–water partition coefficient (Wildman–Crippen LogP) is 3.80. The van der Waals surface area contributed by atoms with Crippen LogP contribution in [0.4, 0.5) is 0 Å². The van der Waals surface area contributed by atoms with E-state index in [0.29, 0.717) is 11.4 Å². The highest BCUT2D eigenvalue weighted by Gasteiger charge is 2.11. The second-order valence-corrected chi connectivity index (χ2v) is 5.85. The molecule has 0 bridgehead atoms. The van der Waals surface area contributed by atoms with Crippen molar-refractivity contribution in [3.63, 3.8) is 0 Å². The van der Waals surface area contributed by atoms with Crippen LogP contribution in [-0.2, 0) is 0 Å². The van der Waals surface area contributed by atoms with Gasteiger partial charge in [-0.3, -0.25) is 9.97 Å². The first-order chi connectivity index (χ1) is 11.4. The van der Waals surface area contributed by atoms with Gasteiger partial charge in [0.05, 0.1) is 22.5 Å². The Bertz CT molecular complexity index is 944. The number of benzene rings is 1. The summed E-state index contributed by atoms with van der Waals surface area (Å²) in [6.45, 7) is 7.25. The molecule has 0 unspecified atom stereocenters. The van der Waals surface area contributed by atoms with E-state index < -0.39 is 0 Å². The summed E-state index contributed by atoms with van der Waals surface area (Å²) in [4.78, 5) is 9.20. The third kappa shape index (κ3) is 2.56. The van der Waals surface area contributed by atoms with E-state index in [1.54, 1.807) is 13.8 Å². The Hall–Kier alpha value is -3.02. The second-order valence-electron chi connectivity index (χ2n) is 5.85. The molecule has 0 aliphatic heterocycles. The van der Waals surface area contributed by atoms with E-state index in [1.807, 2.05) is 38.1 Å². The number of fused-ring (bicyclic) bond motifs is 2. The lowest BCUT2D eigenvalue weighted by atomic mass is 10.0. The highest BCUT2D eigenvalue weighted by molar-refractivity contribution is 6.06. The van der Waals surface area contributed by atoms with Crippen LogP contribution in [0.2, 0.25) is 0 Å². The molecule has 0 spiro atoms. The molecule has 122 valence electrons. The maximum atomic E-state index is 9.02. The van der Waals surface area contributed by atoms with Crippen molar-refractivity contribution in [3.05, 3.63) is 46.8 Å². The summed E-state index contributed by atoms with van der Waals surface area (Å²) in [5.41, 5.74) is 5.92. The lowest BCUT2D eigenvalue weighted by Gasteiger charge is -2.10. The third-order valence-corrected chi connectivity index (χ3v) is 4.21. The molecule has 0 saturated carbocycles. The first-order valence-corrected chi connectivity index (χ1v) is 7.55. The normalized spacial score (nSPS) is 13.0. The number of aromatic nitrogens is 2.